The fourth-order valence-corrected chi connectivity index (χ4v) is 2.42. The van der Waals surface area contributed by atoms with E-state index in [1.807, 2.05) is 31.2 Å². The molecular weight excluding hydrogens is 294 g/mol. The molecule has 0 radical (unpaired) electrons. The van der Waals surface area contributed by atoms with Gasteiger partial charge in [0.25, 0.3) is 0 Å². The number of methoxy groups -OCH3 is 3. The Morgan fingerprint density at radius 1 is 1.04 bits per heavy atom. The summed E-state index contributed by atoms with van der Waals surface area (Å²) in [6.45, 7) is 1.88. The standard InChI is InChI=1S/C18H21NO4/c1-12-16(22-3)9-8-15(18(12)23-4)19-17(20)11-13-6-5-7-14(10-13)21-2/h5-10H,11H2,1-4H3,(H,19,20). The van der Waals surface area contributed by atoms with E-state index < -0.39 is 0 Å². The Hall–Kier alpha value is -2.69. The minimum atomic E-state index is -0.124. The van der Waals surface area contributed by atoms with Crippen LogP contribution in [-0.2, 0) is 11.2 Å². The number of hydrogen-bond acceptors (Lipinski definition) is 4. The van der Waals surface area contributed by atoms with Gasteiger partial charge in [-0.2, -0.15) is 0 Å². The average molecular weight is 315 g/mol. The molecule has 0 fully saturated rings. The predicted molar refractivity (Wildman–Crippen MR) is 89.6 cm³/mol. The van der Waals surface area contributed by atoms with E-state index in [-0.39, 0.29) is 12.3 Å². The van der Waals surface area contributed by atoms with Crippen LogP contribution in [0.1, 0.15) is 11.1 Å². The van der Waals surface area contributed by atoms with E-state index in [4.69, 9.17) is 14.2 Å². The highest BCUT2D eigenvalue weighted by Crippen LogP contribution is 2.34. The summed E-state index contributed by atoms with van der Waals surface area (Å²) in [6, 6.07) is 11.0. The van der Waals surface area contributed by atoms with Crippen molar-refractivity contribution in [3.05, 3.63) is 47.5 Å². The molecule has 5 nitrogen and oxygen atoms in total. The van der Waals surface area contributed by atoms with Crippen LogP contribution in [0.25, 0.3) is 0 Å². The minimum Gasteiger partial charge on any atom is -0.497 e. The second-order valence-corrected chi connectivity index (χ2v) is 5.05. The summed E-state index contributed by atoms with van der Waals surface area (Å²) in [5, 5.41) is 2.88. The number of hydrogen-bond donors (Lipinski definition) is 1. The first-order chi connectivity index (χ1) is 11.1. The van der Waals surface area contributed by atoms with Crippen molar-refractivity contribution in [3.8, 4) is 17.2 Å². The third-order valence-corrected chi connectivity index (χ3v) is 3.55. The van der Waals surface area contributed by atoms with E-state index in [9.17, 15) is 4.79 Å². The third-order valence-electron chi connectivity index (χ3n) is 3.55. The van der Waals surface area contributed by atoms with Gasteiger partial charge in [-0.3, -0.25) is 4.79 Å². The van der Waals surface area contributed by atoms with Gasteiger partial charge in [-0.15, -0.1) is 0 Å². The SMILES string of the molecule is COc1cccc(CC(=O)Nc2ccc(OC)c(C)c2OC)c1. The van der Waals surface area contributed by atoms with Gasteiger partial charge in [0, 0.05) is 5.56 Å². The van der Waals surface area contributed by atoms with E-state index in [1.165, 1.54) is 0 Å². The molecule has 0 spiro atoms. The van der Waals surface area contributed by atoms with Gasteiger partial charge >= 0.3 is 0 Å². The molecule has 2 aromatic rings. The van der Waals surface area contributed by atoms with Crippen LogP contribution in [0.5, 0.6) is 17.2 Å². The van der Waals surface area contributed by atoms with Crippen molar-refractivity contribution in [2.45, 2.75) is 13.3 Å². The Kier molecular flexibility index (Phi) is 5.46. The molecule has 5 heteroatoms. The number of anilines is 1. The van der Waals surface area contributed by atoms with Crippen LogP contribution >= 0.6 is 0 Å². The molecular formula is C18H21NO4. The van der Waals surface area contributed by atoms with Gasteiger partial charge in [-0.05, 0) is 36.8 Å². The van der Waals surface area contributed by atoms with Gasteiger partial charge in [0.15, 0.2) is 0 Å². The number of carbonyl (C=O) groups excluding carboxylic acids is 1. The van der Waals surface area contributed by atoms with Crippen molar-refractivity contribution in [2.75, 3.05) is 26.6 Å². The molecule has 0 saturated heterocycles. The van der Waals surface area contributed by atoms with Gasteiger partial charge < -0.3 is 19.5 Å². The van der Waals surface area contributed by atoms with Gasteiger partial charge in [0.1, 0.15) is 17.2 Å². The molecule has 0 atom stereocenters. The maximum Gasteiger partial charge on any atom is 0.228 e. The predicted octanol–water partition coefficient (Wildman–Crippen LogP) is 3.20. The lowest BCUT2D eigenvalue weighted by atomic mass is 10.1. The Morgan fingerprint density at radius 2 is 1.83 bits per heavy atom. The van der Waals surface area contributed by atoms with E-state index in [2.05, 4.69) is 5.32 Å². The Balaban J connectivity index is 2.15. The maximum atomic E-state index is 12.3. The lowest BCUT2D eigenvalue weighted by Crippen LogP contribution is -2.15. The Morgan fingerprint density at radius 3 is 2.48 bits per heavy atom. The number of amides is 1. The molecule has 0 heterocycles. The zero-order valence-corrected chi connectivity index (χ0v) is 13.8. The van der Waals surface area contributed by atoms with E-state index in [0.717, 1.165) is 16.9 Å². The molecule has 1 N–H and O–H groups in total. The molecule has 23 heavy (non-hydrogen) atoms. The molecule has 1 amide bonds. The molecule has 122 valence electrons. The van der Waals surface area contributed by atoms with Gasteiger partial charge in [-0.1, -0.05) is 12.1 Å². The van der Waals surface area contributed by atoms with Crippen molar-refractivity contribution < 1.29 is 19.0 Å². The fourth-order valence-electron chi connectivity index (χ4n) is 2.42. The van der Waals surface area contributed by atoms with E-state index in [1.54, 1.807) is 33.5 Å². The summed E-state index contributed by atoms with van der Waals surface area (Å²) in [6.07, 6.45) is 0.255. The van der Waals surface area contributed by atoms with Crippen LogP contribution in [0, 0.1) is 6.92 Å². The van der Waals surface area contributed by atoms with Gasteiger partial charge in [0.2, 0.25) is 5.91 Å². The molecule has 0 saturated carbocycles. The van der Waals surface area contributed by atoms with Crippen LogP contribution in [0.15, 0.2) is 36.4 Å². The quantitative estimate of drug-likeness (QED) is 0.889. The highest BCUT2D eigenvalue weighted by molar-refractivity contribution is 5.94. The summed E-state index contributed by atoms with van der Waals surface area (Å²) >= 11 is 0. The van der Waals surface area contributed by atoms with E-state index >= 15 is 0 Å². The Bertz CT molecular complexity index is 697. The Labute approximate surface area is 136 Å². The summed E-state index contributed by atoms with van der Waals surface area (Å²) in [4.78, 5) is 12.3. The summed E-state index contributed by atoms with van der Waals surface area (Å²) in [7, 11) is 4.77. The van der Waals surface area contributed by atoms with Crippen molar-refractivity contribution in [1.82, 2.24) is 0 Å². The third kappa shape index (κ3) is 3.94. The molecule has 0 aliphatic heterocycles. The highest BCUT2D eigenvalue weighted by atomic mass is 16.5. The molecule has 0 aromatic heterocycles. The van der Waals surface area contributed by atoms with Crippen molar-refractivity contribution >= 4 is 11.6 Å². The number of carbonyl (C=O) groups is 1. The highest BCUT2D eigenvalue weighted by Gasteiger charge is 2.14. The second kappa shape index (κ2) is 7.54. The largest absolute Gasteiger partial charge is 0.497 e. The van der Waals surface area contributed by atoms with Crippen molar-refractivity contribution in [3.63, 3.8) is 0 Å². The molecule has 2 aromatic carbocycles. The zero-order valence-electron chi connectivity index (χ0n) is 13.8. The lowest BCUT2D eigenvalue weighted by molar-refractivity contribution is -0.115. The summed E-state index contributed by atoms with van der Waals surface area (Å²) < 4.78 is 15.8. The zero-order chi connectivity index (χ0) is 16.8. The van der Waals surface area contributed by atoms with Crippen LogP contribution in [-0.4, -0.2) is 27.2 Å². The molecule has 0 aliphatic rings. The maximum absolute atomic E-state index is 12.3. The van der Waals surface area contributed by atoms with Crippen molar-refractivity contribution in [2.24, 2.45) is 0 Å². The fraction of sp³-hybridized carbons (Fsp3) is 0.278. The minimum absolute atomic E-state index is 0.124. The van der Waals surface area contributed by atoms with Crippen LogP contribution in [0.3, 0.4) is 0 Å². The molecule has 0 aliphatic carbocycles. The van der Waals surface area contributed by atoms with E-state index in [0.29, 0.717) is 17.2 Å². The summed E-state index contributed by atoms with van der Waals surface area (Å²) in [5.74, 6) is 1.92. The van der Waals surface area contributed by atoms with Crippen molar-refractivity contribution in [1.29, 1.82) is 0 Å². The average Bonchev–Trinajstić information content (AvgIpc) is 2.55. The number of benzene rings is 2. The molecule has 2 rings (SSSR count). The molecule has 0 bridgehead atoms. The normalized spacial score (nSPS) is 10.1. The molecule has 0 unspecified atom stereocenters. The topological polar surface area (TPSA) is 56.8 Å². The number of nitrogens with one attached hydrogen (secondary N) is 1. The van der Waals surface area contributed by atoms with Crippen LogP contribution < -0.4 is 19.5 Å². The number of rotatable bonds is 6. The first kappa shape index (κ1) is 16.7. The number of ether oxygens (including phenoxy) is 3. The van der Waals surface area contributed by atoms with Crippen LogP contribution in [0.4, 0.5) is 5.69 Å². The second-order valence-electron chi connectivity index (χ2n) is 5.05. The van der Waals surface area contributed by atoms with Gasteiger partial charge in [0.05, 0.1) is 33.4 Å². The first-order valence-corrected chi connectivity index (χ1v) is 7.23. The lowest BCUT2D eigenvalue weighted by Gasteiger charge is -2.15. The summed E-state index contributed by atoms with van der Waals surface area (Å²) in [5.41, 5.74) is 2.35. The van der Waals surface area contributed by atoms with Crippen LogP contribution in [0.2, 0.25) is 0 Å². The monoisotopic (exact) mass is 315 g/mol. The van der Waals surface area contributed by atoms with Gasteiger partial charge in [-0.25, -0.2) is 0 Å². The first-order valence-electron chi connectivity index (χ1n) is 7.23. The smallest absolute Gasteiger partial charge is 0.228 e.